The molecule has 0 radical (unpaired) electrons. The van der Waals surface area contributed by atoms with Crippen molar-refractivity contribution in [1.29, 1.82) is 0 Å². The first kappa shape index (κ1) is 42.4. The number of likely N-dealkylation sites (N-methyl/N-ethyl adjacent to an activating group) is 1. The van der Waals surface area contributed by atoms with Crippen molar-refractivity contribution in [2.24, 2.45) is 5.92 Å². The third-order valence-corrected chi connectivity index (χ3v) is 11.1. The molecule has 14 nitrogen and oxygen atoms in total. The van der Waals surface area contributed by atoms with Gasteiger partial charge in [0.25, 0.3) is 5.91 Å². The van der Waals surface area contributed by atoms with E-state index in [4.69, 9.17) is 41.0 Å². The lowest BCUT2D eigenvalue weighted by atomic mass is 9.83. The fraction of sp³-hybridized carbons (Fsp3) is 0.487. The van der Waals surface area contributed by atoms with Crippen LogP contribution in [0.1, 0.15) is 56.5 Å². The molecule has 17 heteroatoms. The van der Waals surface area contributed by atoms with Gasteiger partial charge in [0, 0.05) is 39.6 Å². The Morgan fingerprint density at radius 1 is 1.18 bits per heavy atom. The number of fused-ring (bicyclic) bond motifs is 5. The van der Waals surface area contributed by atoms with E-state index in [1.807, 2.05) is 13.0 Å². The fourth-order valence-corrected chi connectivity index (χ4v) is 7.41. The molecule has 0 saturated carbocycles. The highest BCUT2D eigenvalue weighted by Crippen LogP contribution is 2.49. The molecular weight excluding hydrogens is 758 g/mol. The van der Waals surface area contributed by atoms with Crippen molar-refractivity contribution in [3.8, 4) is 5.75 Å². The van der Waals surface area contributed by atoms with E-state index in [1.165, 1.54) is 40.1 Å². The van der Waals surface area contributed by atoms with Crippen molar-refractivity contribution in [2.75, 3.05) is 38.9 Å². The molecule has 2 fully saturated rings. The van der Waals surface area contributed by atoms with Gasteiger partial charge in [0.05, 0.1) is 36.6 Å². The Morgan fingerprint density at radius 2 is 1.88 bits per heavy atom. The number of anilines is 2. The minimum Gasteiger partial charge on any atom is -0.495 e. The Balaban J connectivity index is 1.53. The smallest absolute Gasteiger partial charge is 0.409 e. The Hall–Kier alpha value is -4.77. The predicted molar refractivity (Wildman–Crippen MR) is 201 cm³/mol. The van der Waals surface area contributed by atoms with Gasteiger partial charge in [-0.05, 0) is 51.0 Å². The van der Waals surface area contributed by atoms with Crippen molar-refractivity contribution >= 4 is 46.9 Å². The Kier molecular flexibility index (Phi) is 12.4. The van der Waals surface area contributed by atoms with Crippen LogP contribution in [0.15, 0.2) is 48.1 Å². The summed E-state index contributed by atoms with van der Waals surface area (Å²) >= 11 is 6.73. The Bertz CT molecular complexity index is 1960. The average molecular weight is 805 g/mol. The molecule has 2 unspecified atom stereocenters. The molecule has 4 bridgehead atoms. The number of nitrogens with zero attached hydrogens (tertiary/aromatic N) is 2. The van der Waals surface area contributed by atoms with Crippen molar-refractivity contribution in [1.82, 2.24) is 10.2 Å². The van der Waals surface area contributed by atoms with Gasteiger partial charge in [0.15, 0.2) is 5.72 Å². The number of ether oxygens (including phenoxy) is 5. The summed E-state index contributed by atoms with van der Waals surface area (Å²) in [4.78, 5) is 56.3. The van der Waals surface area contributed by atoms with Crippen LogP contribution in [0.2, 0.25) is 5.02 Å². The van der Waals surface area contributed by atoms with Crippen LogP contribution in [-0.4, -0.2) is 104 Å². The van der Waals surface area contributed by atoms with Gasteiger partial charge in [-0.3, -0.25) is 14.9 Å². The highest BCUT2D eigenvalue weighted by Gasteiger charge is 2.64. The molecule has 3 heterocycles. The maximum absolute atomic E-state index is 14.7. The third kappa shape index (κ3) is 8.48. The number of hydrogen-bond donors (Lipinski definition) is 3. The number of nitrogens with one attached hydrogen (secondary N) is 1. The first-order valence-corrected chi connectivity index (χ1v) is 18.2. The molecule has 0 aromatic heterocycles. The van der Waals surface area contributed by atoms with Crippen LogP contribution in [-0.2, 0) is 35.0 Å². The van der Waals surface area contributed by atoms with E-state index in [0.717, 1.165) is 16.0 Å². The summed E-state index contributed by atoms with van der Waals surface area (Å²) in [7, 11) is 5.55. The predicted octanol–water partition coefficient (Wildman–Crippen LogP) is 4.69. The molecule has 2 aromatic rings. The maximum Gasteiger partial charge on any atom is 0.409 e. The molecule has 4 N–H and O–H groups in total. The molecule has 2 aromatic carbocycles. The number of aliphatic hydroxyl groups is 1. The standard InChI is InChI=1S/C39H47ClF2N4O10/c1-19-10-9-11-30(53-8)39(51)18-29(54-37(50)44-39)20(2)34-38(4,56-34)31(17-32(47)46(6)27-13-22(12-19)14-28(52-7)33(27)40)55-36(49)21(3)45(5)35(48)23-15-25(42)26(43)16-24(23)41/h9-11,13-16,20-21,29-31,34,51H,12,17-18,43H2,1-8H3,(H,44,50)/b11-9+,19-10+/t20-,21+,29?,30-,31+,34?,38+,39+/m1/s1. The zero-order valence-electron chi connectivity index (χ0n) is 32.4. The summed E-state index contributed by atoms with van der Waals surface area (Å²) in [5.41, 5.74) is 2.97. The van der Waals surface area contributed by atoms with E-state index in [9.17, 15) is 33.1 Å². The summed E-state index contributed by atoms with van der Waals surface area (Å²) in [5, 5.41) is 14.4. The van der Waals surface area contributed by atoms with Crippen LogP contribution in [0.25, 0.3) is 0 Å². The number of halogens is 3. The molecule has 2 saturated heterocycles. The number of esters is 1. The van der Waals surface area contributed by atoms with E-state index < -0.39 is 101 Å². The van der Waals surface area contributed by atoms with Crippen LogP contribution in [0.5, 0.6) is 5.75 Å². The minimum absolute atomic E-state index is 0.121. The van der Waals surface area contributed by atoms with Gasteiger partial charge >= 0.3 is 12.1 Å². The van der Waals surface area contributed by atoms with E-state index >= 15 is 0 Å². The van der Waals surface area contributed by atoms with Gasteiger partial charge in [-0.2, -0.15) is 0 Å². The van der Waals surface area contributed by atoms with Crippen LogP contribution in [0.4, 0.5) is 25.0 Å². The monoisotopic (exact) mass is 804 g/mol. The molecule has 304 valence electrons. The van der Waals surface area contributed by atoms with Gasteiger partial charge in [-0.25, -0.2) is 18.4 Å². The van der Waals surface area contributed by atoms with Crippen molar-refractivity contribution in [3.63, 3.8) is 0 Å². The summed E-state index contributed by atoms with van der Waals surface area (Å²) < 4.78 is 57.8. The zero-order valence-corrected chi connectivity index (χ0v) is 33.1. The molecule has 8 atom stereocenters. The molecule has 3 aliphatic heterocycles. The van der Waals surface area contributed by atoms with Gasteiger partial charge < -0.3 is 44.3 Å². The number of nitrogens with two attached hydrogens (primary N) is 1. The number of allylic oxidation sites excluding steroid dienone is 3. The molecular formula is C39H47ClF2N4O10. The number of benzene rings is 2. The Morgan fingerprint density at radius 3 is 2.54 bits per heavy atom. The number of rotatable bonds is 6. The fourth-order valence-electron chi connectivity index (χ4n) is 7.09. The minimum atomic E-state index is -1.89. The van der Waals surface area contributed by atoms with Crippen molar-refractivity contribution in [2.45, 2.75) is 88.7 Å². The average Bonchev–Trinajstić information content (AvgIpc) is 3.84. The van der Waals surface area contributed by atoms with Crippen LogP contribution < -0.4 is 20.7 Å². The number of hydrogen-bond acceptors (Lipinski definition) is 11. The lowest BCUT2D eigenvalue weighted by molar-refractivity contribution is -0.158. The molecule has 3 aliphatic rings. The first-order valence-electron chi connectivity index (χ1n) is 17.8. The Labute approximate surface area is 328 Å². The van der Waals surface area contributed by atoms with Crippen LogP contribution in [0, 0.1) is 17.6 Å². The lowest BCUT2D eigenvalue weighted by Gasteiger charge is -2.42. The number of amides is 3. The van der Waals surface area contributed by atoms with Crippen molar-refractivity contribution in [3.05, 3.63) is 75.9 Å². The SMILES string of the molecule is COc1cc2cc(c1Cl)N(C)C(=O)C[C@H](OC(=O)[C@H](C)N(C)C(=O)c1cc(F)c(N)cc1F)[C@]1(C)OC1[C@H](C)C1C[C@@](O)(NC(=O)O1)[C@H](OC)/C=C/C=C(\C)C2. The molecule has 5 rings (SSSR count). The summed E-state index contributed by atoms with van der Waals surface area (Å²) in [6, 6.07) is 3.42. The number of nitrogen functional groups attached to an aromatic ring is 1. The molecule has 56 heavy (non-hydrogen) atoms. The van der Waals surface area contributed by atoms with Gasteiger partial charge in [0.2, 0.25) is 5.91 Å². The van der Waals surface area contributed by atoms with Gasteiger partial charge in [-0.15, -0.1) is 0 Å². The topological polar surface area (TPSA) is 182 Å². The second-order valence-electron chi connectivity index (χ2n) is 14.7. The van der Waals surface area contributed by atoms with E-state index in [2.05, 4.69) is 5.32 Å². The number of carbonyl (C=O) groups is 4. The van der Waals surface area contributed by atoms with Gasteiger partial charge in [0.1, 0.15) is 52.4 Å². The molecule has 0 spiro atoms. The second kappa shape index (κ2) is 16.4. The van der Waals surface area contributed by atoms with E-state index in [-0.39, 0.29) is 11.4 Å². The molecule has 3 amide bonds. The van der Waals surface area contributed by atoms with Crippen LogP contribution >= 0.6 is 11.6 Å². The third-order valence-electron chi connectivity index (χ3n) is 10.8. The first-order chi connectivity index (χ1) is 26.2. The van der Waals surface area contributed by atoms with Crippen LogP contribution in [0.3, 0.4) is 0 Å². The van der Waals surface area contributed by atoms with E-state index in [0.29, 0.717) is 30.0 Å². The van der Waals surface area contributed by atoms with Crippen molar-refractivity contribution < 1.29 is 56.7 Å². The van der Waals surface area contributed by atoms with Gasteiger partial charge in [-0.1, -0.05) is 42.3 Å². The normalized spacial score (nSPS) is 30.1. The number of carbonyl (C=O) groups excluding carboxylic acids is 4. The lowest BCUT2D eigenvalue weighted by Crippen LogP contribution is -2.63. The quantitative estimate of drug-likeness (QED) is 0.209. The maximum atomic E-state index is 14.7. The summed E-state index contributed by atoms with van der Waals surface area (Å²) in [6.45, 7) is 6.55. The second-order valence-corrected chi connectivity index (χ2v) is 15.0. The summed E-state index contributed by atoms with van der Waals surface area (Å²) in [5.74, 6) is -4.98. The summed E-state index contributed by atoms with van der Waals surface area (Å²) in [6.07, 6.45) is 0.0677. The van der Waals surface area contributed by atoms with E-state index in [1.54, 1.807) is 38.1 Å². The number of alkyl carbamates (subject to hydrolysis) is 1. The number of methoxy groups -OCH3 is 2. The zero-order chi connectivity index (χ0) is 41.4. The highest BCUT2D eigenvalue weighted by molar-refractivity contribution is 6.35. The highest BCUT2D eigenvalue weighted by atomic mass is 35.5. The largest absolute Gasteiger partial charge is 0.495 e. The number of epoxide rings is 1. The molecule has 0 aliphatic carbocycles.